The highest BCUT2D eigenvalue weighted by Gasteiger charge is 2.09. The fraction of sp³-hybridized carbons (Fsp3) is 0.538. The second-order valence-corrected chi connectivity index (χ2v) is 4.06. The van der Waals surface area contributed by atoms with Crippen LogP contribution in [-0.4, -0.2) is 26.0 Å². The van der Waals surface area contributed by atoms with Gasteiger partial charge in [-0.25, -0.2) is 4.39 Å². The van der Waals surface area contributed by atoms with Crippen LogP contribution < -0.4 is 5.32 Å². The van der Waals surface area contributed by atoms with Gasteiger partial charge in [-0.1, -0.05) is 17.7 Å². The van der Waals surface area contributed by atoms with Crippen LogP contribution in [0.2, 0.25) is 5.02 Å². The Morgan fingerprint density at radius 3 is 2.56 bits per heavy atom. The number of anilines is 1. The van der Waals surface area contributed by atoms with Crippen LogP contribution in [0.15, 0.2) is 18.2 Å². The lowest BCUT2D eigenvalue weighted by atomic mass is 10.3. The van der Waals surface area contributed by atoms with Crippen molar-refractivity contribution in [3.05, 3.63) is 29.0 Å². The molecule has 0 saturated heterocycles. The molecule has 0 saturated carbocycles. The lowest BCUT2D eigenvalue weighted by Gasteiger charge is -2.17. The average Bonchev–Trinajstić information content (AvgIpc) is 2.35. The topological polar surface area (TPSA) is 30.5 Å². The van der Waals surface area contributed by atoms with Crippen LogP contribution in [-0.2, 0) is 9.47 Å². The molecule has 0 radical (unpaired) electrons. The molecule has 1 aromatic carbocycles. The van der Waals surface area contributed by atoms with Gasteiger partial charge in [-0.05, 0) is 26.0 Å². The zero-order valence-electron chi connectivity index (χ0n) is 10.7. The van der Waals surface area contributed by atoms with Gasteiger partial charge in [-0.2, -0.15) is 0 Å². The van der Waals surface area contributed by atoms with Crippen molar-refractivity contribution in [3.8, 4) is 0 Å². The van der Waals surface area contributed by atoms with Crippen LogP contribution in [0.1, 0.15) is 20.3 Å². The molecular formula is C13H19ClFNO2. The third kappa shape index (κ3) is 4.80. The molecule has 0 heterocycles. The number of benzene rings is 1. The first-order valence-electron chi connectivity index (χ1n) is 6.10. The molecular weight excluding hydrogens is 257 g/mol. The zero-order valence-corrected chi connectivity index (χ0v) is 11.5. The van der Waals surface area contributed by atoms with E-state index in [1.165, 1.54) is 6.07 Å². The first-order valence-corrected chi connectivity index (χ1v) is 6.47. The molecule has 0 spiro atoms. The molecule has 102 valence electrons. The van der Waals surface area contributed by atoms with Crippen LogP contribution in [0, 0.1) is 5.82 Å². The lowest BCUT2D eigenvalue weighted by molar-refractivity contribution is -0.137. The highest BCUT2D eigenvalue weighted by atomic mass is 35.5. The van der Waals surface area contributed by atoms with Crippen molar-refractivity contribution in [2.24, 2.45) is 0 Å². The third-order valence-corrected chi connectivity index (χ3v) is 2.64. The quantitative estimate of drug-likeness (QED) is 0.734. The zero-order chi connectivity index (χ0) is 13.4. The van der Waals surface area contributed by atoms with Crippen molar-refractivity contribution < 1.29 is 13.9 Å². The minimum Gasteiger partial charge on any atom is -0.382 e. The van der Waals surface area contributed by atoms with Crippen molar-refractivity contribution in [2.45, 2.75) is 26.6 Å². The van der Waals surface area contributed by atoms with Gasteiger partial charge in [0.15, 0.2) is 12.1 Å². The summed E-state index contributed by atoms with van der Waals surface area (Å²) in [5, 5.41) is 3.10. The summed E-state index contributed by atoms with van der Waals surface area (Å²) in [5.41, 5.74) is 0.397. The van der Waals surface area contributed by atoms with Crippen molar-refractivity contribution >= 4 is 17.3 Å². The number of nitrogens with one attached hydrogen (secondary N) is 1. The molecule has 0 unspecified atom stereocenters. The highest BCUT2D eigenvalue weighted by molar-refractivity contribution is 6.31. The van der Waals surface area contributed by atoms with E-state index in [9.17, 15) is 4.39 Å². The Morgan fingerprint density at radius 2 is 1.94 bits per heavy atom. The molecule has 0 aliphatic heterocycles. The molecule has 0 atom stereocenters. The van der Waals surface area contributed by atoms with E-state index in [1.54, 1.807) is 12.1 Å². The van der Waals surface area contributed by atoms with Gasteiger partial charge in [0.2, 0.25) is 0 Å². The molecule has 0 fully saturated rings. The van der Waals surface area contributed by atoms with Gasteiger partial charge >= 0.3 is 0 Å². The summed E-state index contributed by atoms with van der Waals surface area (Å²) in [6.45, 7) is 5.57. The second kappa shape index (κ2) is 8.29. The minimum absolute atomic E-state index is 0.117. The Hall–Kier alpha value is -0.840. The molecule has 0 bridgehead atoms. The van der Waals surface area contributed by atoms with Crippen LogP contribution in [0.3, 0.4) is 0 Å². The summed E-state index contributed by atoms with van der Waals surface area (Å²) >= 11 is 5.69. The van der Waals surface area contributed by atoms with Crippen LogP contribution in [0.25, 0.3) is 0 Å². The van der Waals surface area contributed by atoms with Gasteiger partial charge in [0.25, 0.3) is 0 Å². The molecule has 1 aromatic rings. The summed E-state index contributed by atoms with van der Waals surface area (Å²) in [4.78, 5) is 0. The molecule has 1 N–H and O–H groups in total. The van der Waals surface area contributed by atoms with Gasteiger partial charge in [-0.15, -0.1) is 0 Å². The maximum Gasteiger partial charge on any atom is 0.164 e. The second-order valence-electron chi connectivity index (χ2n) is 3.66. The molecule has 3 nitrogen and oxygen atoms in total. The lowest BCUT2D eigenvalue weighted by Crippen LogP contribution is -2.21. The van der Waals surface area contributed by atoms with E-state index in [0.717, 1.165) is 0 Å². The standard InChI is InChI=1S/C13H19ClFNO2/c1-3-17-12(18-4-2)8-9-16-11-7-5-6-10(14)13(11)15/h5-7,12,16H,3-4,8-9H2,1-2H3. The van der Waals surface area contributed by atoms with Crippen molar-refractivity contribution in [1.82, 2.24) is 0 Å². The maximum absolute atomic E-state index is 13.6. The van der Waals surface area contributed by atoms with E-state index in [4.69, 9.17) is 21.1 Å². The summed E-state index contributed by atoms with van der Waals surface area (Å²) in [7, 11) is 0. The number of hydrogen-bond acceptors (Lipinski definition) is 3. The predicted molar refractivity (Wildman–Crippen MR) is 71.6 cm³/mol. The largest absolute Gasteiger partial charge is 0.382 e. The smallest absolute Gasteiger partial charge is 0.164 e. The van der Waals surface area contributed by atoms with Crippen molar-refractivity contribution in [3.63, 3.8) is 0 Å². The number of ether oxygens (including phenoxy) is 2. The summed E-state index contributed by atoms with van der Waals surface area (Å²) in [5.74, 6) is -0.427. The van der Waals surface area contributed by atoms with Gasteiger partial charge < -0.3 is 14.8 Å². The minimum atomic E-state index is -0.427. The van der Waals surface area contributed by atoms with E-state index in [0.29, 0.717) is 31.9 Å². The SMILES string of the molecule is CCOC(CCNc1cccc(Cl)c1F)OCC. The van der Waals surface area contributed by atoms with Gasteiger partial charge in [0.1, 0.15) is 0 Å². The van der Waals surface area contributed by atoms with Gasteiger partial charge in [0, 0.05) is 26.2 Å². The maximum atomic E-state index is 13.6. The fourth-order valence-electron chi connectivity index (χ4n) is 1.55. The van der Waals surface area contributed by atoms with Crippen molar-refractivity contribution in [1.29, 1.82) is 0 Å². The van der Waals surface area contributed by atoms with E-state index in [1.807, 2.05) is 13.8 Å². The van der Waals surface area contributed by atoms with Gasteiger partial charge in [-0.3, -0.25) is 0 Å². The molecule has 0 aromatic heterocycles. The Morgan fingerprint density at radius 1 is 1.28 bits per heavy atom. The Bertz CT molecular complexity index is 357. The van der Waals surface area contributed by atoms with E-state index < -0.39 is 5.82 Å². The average molecular weight is 276 g/mol. The number of rotatable bonds is 8. The molecule has 0 aliphatic rings. The third-order valence-electron chi connectivity index (χ3n) is 2.35. The Labute approximate surface area is 112 Å². The number of halogens is 2. The van der Waals surface area contributed by atoms with Gasteiger partial charge in [0.05, 0.1) is 10.7 Å². The summed E-state index contributed by atoms with van der Waals surface area (Å²) < 4.78 is 24.3. The predicted octanol–water partition coefficient (Wildman–Crippen LogP) is 3.68. The molecule has 0 amide bonds. The van der Waals surface area contributed by atoms with Crippen LogP contribution in [0.5, 0.6) is 0 Å². The first-order chi connectivity index (χ1) is 8.69. The summed E-state index contributed by atoms with van der Waals surface area (Å²) in [6, 6.07) is 4.87. The molecule has 18 heavy (non-hydrogen) atoms. The Balaban J connectivity index is 2.42. The van der Waals surface area contributed by atoms with E-state index >= 15 is 0 Å². The number of hydrogen-bond donors (Lipinski definition) is 1. The van der Waals surface area contributed by atoms with E-state index in [2.05, 4.69) is 5.32 Å². The highest BCUT2D eigenvalue weighted by Crippen LogP contribution is 2.21. The molecule has 0 aliphatic carbocycles. The monoisotopic (exact) mass is 275 g/mol. The van der Waals surface area contributed by atoms with Crippen LogP contribution >= 0.6 is 11.6 Å². The first kappa shape index (κ1) is 15.2. The normalized spacial score (nSPS) is 10.9. The Kier molecular flexibility index (Phi) is 7.01. The van der Waals surface area contributed by atoms with Crippen molar-refractivity contribution in [2.75, 3.05) is 25.1 Å². The van der Waals surface area contributed by atoms with E-state index in [-0.39, 0.29) is 11.3 Å². The fourth-order valence-corrected chi connectivity index (χ4v) is 1.73. The summed E-state index contributed by atoms with van der Waals surface area (Å²) in [6.07, 6.45) is 0.392. The molecule has 1 rings (SSSR count). The molecule has 5 heteroatoms. The van der Waals surface area contributed by atoms with Crippen LogP contribution in [0.4, 0.5) is 10.1 Å².